The summed E-state index contributed by atoms with van der Waals surface area (Å²) < 4.78 is 2.26. The first-order valence-corrected chi connectivity index (χ1v) is 16.3. The molecule has 44 heavy (non-hydrogen) atoms. The number of carbonyl (C=O) groups excluding carboxylic acids is 2. The normalized spacial score (nSPS) is 19.5. The van der Waals surface area contributed by atoms with E-state index in [4.69, 9.17) is 0 Å². The van der Waals surface area contributed by atoms with Crippen molar-refractivity contribution < 1.29 is 9.59 Å². The van der Waals surface area contributed by atoms with E-state index in [-0.39, 0.29) is 17.1 Å². The summed E-state index contributed by atoms with van der Waals surface area (Å²) in [5, 5.41) is 1.12. The molecule has 2 atom stereocenters. The van der Waals surface area contributed by atoms with Gasteiger partial charge in [0, 0.05) is 48.6 Å². The van der Waals surface area contributed by atoms with Crippen LogP contribution in [0.2, 0.25) is 0 Å². The lowest BCUT2D eigenvalue weighted by Gasteiger charge is -2.23. The summed E-state index contributed by atoms with van der Waals surface area (Å²) in [5.74, 6) is 0.289. The predicted octanol–water partition coefficient (Wildman–Crippen LogP) is 10.5. The van der Waals surface area contributed by atoms with Gasteiger partial charge in [-0.05, 0) is 78.2 Å². The quantitative estimate of drug-likeness (QED) is 0.148. The van der Waals surface area contributed by atoms with E-state index in [2.05, 4.69) is 115 Å². The second kappa shape index (κ2) is 10.7. The van der Waals surface area contributed by atoms with Crippen molar-refractivity contribution in [3.63, 3.8) is 0 Å². The molecule has 0 fully saturated rings. The van der Waals surface area contributed by atoms with Gasteiger partial charge in [0.15, 0.2) is 11.6 Å². The van der Waals surface area contributed by atoms with Gasteiger partial charge >= 0.3 is 0 Å². The highest BCUT2D eigenvalue weighted by Crippen LogP contribution is 2.45. The molecule has 3 aliphatic rings. The van der Waals surface area contributed by atoms with E-state index < -0.39 is 0 Å². The molecule has 8 rings (SSSR count). The van der Waals surface area contributed by atoms with Crippen LogP contribution in [-0.4, -0.2) is 11.6 Å². The fourth-order valence-corrected chi connectivity index (χ4v) is 8.60. The third kappa shape index (κ3) is 4.66. The molecule has 5 heteroatoms. The Kier molecular flexibility index (Phi) is 6.51. The van der Waals surface area contributed by atoms with Crippen molar-refractivity contribution in [2.75, 3.05) is 4.90 Å². The third-order valence-electron chi connectivity index (χ3n) is 8.42. The Balaban J connectivity index is 1.10. The lowest BCUT2D eigenvalue weighted by Crippen LogP contribution is -2.11. The van der Waals surface area contributed by atoms with E-state index in [1.165, 1.54) is 5.56 Å². The molecule has 0 saturated heterocycles. The number of allylic oxidation sites excluding steroid dienone is 9. The number of fused-ring (bicyclic) bond motifs is 3. The number of para-hydroxylation sites is 1. The van der Waals surface area contributed by atoms with Crippen LogP contribution in [0.4, 0.5) is 16.4 Å². The van der Waals surface area contributed by atoms with Crippen molar-refractivity contribution in [1.82, 2.24) is 0 Å². The van der Waals surface area contributed by atoms with E-state index in [1.807, 2.05) is 24.3 Å². The number of hydrogen-bond donors (Lipinski definition) is 0. The van der Waals surface area contributed by atoms with Crippen molar-refractivity contribution in [3.05, 3.63) is 160 Å². The van der Waals surface area contributed by atoms with Gasteiger partial charge in [0.05, 0.1) is 5.57 Å². The maximum Gasteiger partial charge on any atom is 0.197 e. The largest absolute Gasteiger partial charge is 0.302 e. The summed E-state index contributed by atoms with van der Waals surface area (Å²) in [5.41, 5.74) is 6.67. The van der Waals surface area contributed by atoms with Crippen molar-refractivity contribution in [2.45, 2.75) is 6.92 Å². The van der Waals surface area contributed by atoms with Crippen LogP contribution in [0.5, 0.6) is 0 Å². The average molecular weight is 606 g/mol. The Morgan fingerprint density at radius 2 is 1.48 bits per heavy atom. The van der Waals surface area contributed by atoms with Gasteiger partial charge in [-0.3, -0.25) is 9.59 Å². The third-order valence-corrected chi connectivity index (χ3v) is 10.6. The first-order valence-electron chi connectivity index (χ1n) is 14.7. The molecule has 0 aliphatic heterocycles. The molecule has 5 aromatic rings. The van der Waals surface area contributed by atoms with Crippen molar-refractivity contribution in [1.29, 1.82) is 0 Å². The molecule has 2 aromatic heterocycles. The smallest absolute Gasteiger partial charge is 0.197 e. The number of thiophene rings is 2. The van der Waals surface area contributed by atoms with E-state index in [1.54, 1.807) is 28.7 Å². The zero-order valence-electron chi connectivity index (χ0n) is 23.9. The Hall–Kier alpha value is -4.84. The van der Waals surface area contributed by atoms with Crippen molar-refractivity contribution >= 4 is 71.7 Å². The van der Waals surface area contributed by atoms with Crippen LogP contribution in [-0.2, 0) is 0 Å². The molecular formula is C39H27NO2S2. The van der Waals surface area contributed by atoms with Crippen molar-refractivity contribution in [3.8, 4) is 0 Å². The second-order valence-electron chi connectivity index (χ2n) is 11.4. The maximum absolute atomic E-state index is 13.6. The van der Waals surface area contributed by atoms with Gasteiger partial charge in [-0.2, -0.15) is 0 Å². The van der Waals surface area contributed by atoms with Crippen LogP contribution in [0, 0.1) is 18.8 Å². The minimum atomic E-state index is -0.197. The molecule has 3 aliphatic carbocycles. The van der Waals surface area contributed by atoms with Crippen LogP contribution < -0.4 is 4.90 Å². The lowest BCUT2D eigenvalue weighted by atomic mass is 9.81. The molecular weight excluding hydrogens is 579 g/mol. The first-order chi connectivity index (χ1) is 21.5. The van der Waals surface area contributed by atoms with Gasteiger partial charge < -0.3 is 4.90 Å². The van der Waals surface area contributed by atoms with Gasteiger partial charge in [0.1, 0.15) is 5.00 Å². The molecule has 0 spiro atoms. The first kappa shape index (κ1) is 26.8. The monoisotopic (exact) mass is 605 g/mol. The van der Waals surface area contributed by atoms with Crippen molar-refractivity contribution in [2.24, 2.45) is 11.8 Å². The van der Waals surface area contributed by atoms with Gasteiger partial charge in [0.2, 0.25) is 0 Å². The average Bonchev–Trinajstić information content (AvgIpc) is 3.68. The van der Waals surface area contributed by atoms with Gasteiger partial charge in [-0.25, -0.2) is 0 Å². The Bertz CT molecular complexity index is 2110. The number of ketones is 2. The maximum atomic E-state index is 13.6. The molecule has 2 unspecified atom stereocenters. The number of rotatable bonds is 5. The highest BCUT2D eigenvalue weighted by Gasteiger charge is 2.34. The fourth-order valence-electron chi connectivity index (χ4n) is 6.22. The van der Waals surface area contributed by atoms with Gasteiger partial charge in [-0.15, -0.1) is 22.7 Å². The van der Waals surface area contributed by atoms with Crippen LogP contribution in [0.15, 0.2) is 133 Å². The summed E-state index contributed by atoms with van der Waals surface area (Å²) in [6, 6.07) is 28.8. The summed E-state index contributed by atoms with van der Waals surface area (Å²) in [6.07, 6.45) is 16.9. The number of nitrogens with zero attached hydrogens (tertiary/aromatic N) is 1. The second-order valence-corrected chi connectivity index (χ2v) is 13.5. The lowest BCUT2D eigenvalue weighted by molar-refractivity contribution is 0.0990. The summed E-state index contributed by atoms with van der Waals surface area (Å²) in [4.78, 5) is 30.1. The Labute approximate surface area is 264 Å². The Morgan fingerprint density at radius 3 is 2.30 bits per heavy atom. The molecule has 2 heterocycles. The van der Waals surface area contributed by atoms with E-state index in [0.717, 1.165) is 41.8 Å². The zero-order valence-corrected chi connectivity index (χ0v) is 25.6. The number of hydrogen-bond acceptors (Lipinski definition) is 5. The zero-order chi connectivity index (χ0) is 29.8. The molecule has 212 valence electrons. The fraction of sp³-hybridized carbons (Fsp3) is 0.0769. The molecule has 0 radical (unpaired) electrons. The standard InChI is InChI=1S/C39H27NO2S2/c1-24-8-7-13-30(18-24)40(29-11-3-2-4-12-29)37-23-36-35(44-37)22-31(43-36)21-34-38(41)32-17-16-28(20-33(32)39(34)42)27-15-14-25-9-5-6-10-26(25)19-27/h2-23,25-26H,1H3/b34-21-. The van der Waals surface area contributed by atoms with Crippen LogP contribution in [0.1, 0.15) is 36.7 Å². The highest BCUT2D eigenvalue weighted by atomic mass is 32.1. The molecule has 0 N–H and O–H groups in total. The number of carbonyl (C=O) groups is 2. The number of benzene rings is 3. The van der Waals surface area contributed by atoms with Crippen LogP contribution in [0.3, 0.4) is 0 Å². The van der Waals surface area contributed by atoms with Gasteiger partial charge in [-0.1, -0.05) is 78.9 Å². The highest BCUT2D eigenvalue weighted by molar-refractivity contribution is 7.30. The summed E-state index contributed by atoms with van der Waals surface area (Å²) in [7, 11) is 0. The number of anilines is 3. The minimum Gasteiger partial charge on any atom is -0.302 e. The number of Topliss-reactive ketones (excluding diaryl/α,β-unsaturated/α-hetero) is 2. The Morgan fingerprint density at radius 1 is 0.705 bits per heavy atom. The summed E-state index contributed by atoms with van der Waals surface area (Å²) >= 11 is 3.32. The van der Waals surface area contributed by atoms with Crippen LogP contribution >= 0.6 is 22.7 Å². The van der Waals surface area contributed by atoms with Crippen LogP contribution in [0.25, 0.3) is 21.0 Å². The van der Waals surface area contributed by atoms with E-state index >= 15 is 0 Å². The van der Waals surface area contributed by atoms with E-state index in [0.29, 0.717) is 23.0 Å². The summed E-state index contributed by atoms with van der Waals surface area (Å²) in [6.45, 7) is 2.11. The van der Waals surface area contributed by atoms with Gasteiger partial charge in [0.25, 0.3) is 0 Å². The molecule has 3 aromatic carbocycles. The predicted molar refractivity (Wildman–Crippen MR) is 185 cm³/mol. The SMILES string of the molecule is Cc1cccc(N(c2ccccc2)c2cc3sc(/C=C4/C(=O)c5ccc(C6=CC7C=CC=CC7C=C6)cc5C4=O)cc3s2)c1. The molecule has 0 amide bonds. The molecule has 3 nitrogen and oxygen atoms in total. The number of aryl methyl sites for hydroxylation is 1. The topological polar surface area (TPSA) is 37.4 Å². The molecule has 0 saturated carbocycles. The van der Waals surface area contributed by atoms with E-state index in [9.17, 15) is 9.59 Å². The minimum absolute atomic E-state index is 0.197. The molecule has 0 bridgehead atoms.